The maximum absolute atomic E-state index is 12.8. The number of para-hydroxylation sites is 1. The van der Waals surface area contributed by atoms with Gasteiger partial charge in [-0.1, -0.05) is 24.3 Å². The summed E-state index contributed by atoms with van der Waals surface area (Å²) < 4.78 is 15.8. The van der Waals surface area contributed by atoms with Crippen molar-refractivity contribution in [2.75, 3.05) is 38.1 Å². The Hall–Kier alpha value is -3.85. The highest BCUT2D eigenvalue weighted by Gasteiger charge is 2.22. The fourth-order valence-electron chi connectivity index (χ4n) is 2.84. The van der Waals surface area contributed by atoms with Gasteiger partial charge in [-0.25, -0.2) is 4.79 Å². The molecule has 0 saturated carbocycles. The highest BCUT2D eigenvalue weighted by molar-refractivity contribution is 7.12. The molecule has 0 saturated heterocycles. The Kier molecular flexibility index (Phi) is 7.45. The number of nitrogens with zero attached hydrogens (tertiary/aromatic N) is 1. The normalized spacial score (nSPS) is 10.2. The molecule has 0 bridgehead atoms. The van der Waals surface area contributed by atoms with Crippen molar-refractivity contribution < 1.29 is 28.6 Å². The van der Waals surface area contributed by atoms with Crippen molar-refractivity contribution in [2.24, 2.45) is 0 Å². The van der Waals surface area contributed by atoms with E-state index in [9.17, 15) is 14.4 Å². The lowest BCUT2D eigenvalue weighted by molar-refractivity contribution is -0.121. The predicted octanol–water partition coefficient (Wildman–Crippen LogP) is 3.84. The predicted molar refractivity (Wildman–Crippen MR) is 122 cm³/mol. The van der Waals surface area contributed by atoms with Crippen LogP contribution in [0.3, 0.4) is 0 Å². The lowest BCUT2D eigenvalue weighted by Gasteiger charge is -2.18. The van der Waals surface area contributed by atoms with Gasteiger partial charge in [0.05, 0.1) is 30.3 Å². The fourth-order valence-corrected chi connectivity index (χ4v) is 3.46. The molecular formula is C23H22N2O6S. The number of ether oxygens (including phenoxy) is 3. The second kappa shape index (κ2) is 10.5. The summed E-state index contributed by atoms with van der Waals surface area (Å²) in [6.07, 6.45) is 0. The van der Waals surface area contributed by atoms with E-state index in [1.54, 1.807) is 48.8 Å². The van der Waals surface area contributed by atoms with Gasteiger partial charge < -0.3 is 24.4 Å². The molecule has 2 aromatic carbocycles. The molecule has 1 N–H and O–H groups in total. The SMILES string of the molecule is COc1cc(NC(=O)c2cccs2)c(C(=O)OCC(=O)N(C)c2ccccc2)cc1OC. The van der Waals surface area contributed by atoms with Crippen LogP contribution < -0.4 is 19.7 Å². The van der Waals surface area contributed by atoms with E-state index >= 15 is 0 Å². The van der Waals surface area contributed by atoms with E-state index in [2.05, 4.69) is 5.32 Å². The van der Waals surface area contributed by atoms with Crippen LogP contribution in [0, 0.1) is 0 Å². The molecular weight excluding hydrogens is 432 g/mol. The molecule has 8 nitrogen and oxygen atoms in total. The molecule has 0 radical (unpaired) electrons. The van der Waals surface area contributed by atoms with E-state index in [-0.39, 0.29) is 22.9 Å². The first-order valence-corrected chi connectivity index (χ1v) is 10.4. The number of rotatable bonds is 8. The molecule has 3 aromatic rings. The van der Waals surface area contributed by atoms with Gasteiger partial charge >= 0.3 is 5.97 Å². The van der Waals surface area contributed by atoms with Crippen LogP contribution in [-0.4, -0.2) is 45.7 Å². The van der Waals surface area contributed by atoms with E-state index in [1.807, 2.05) is 6.07 Å². The number of hydrogen-bond acceptors (Lipinski definition) is 7. The van der Waals surface area contributed by atoms with Crippen molar-refractivity contribution in [2.45, 2.75) is 0 Å². The smallest absolute Gasteiger partial charge is 0.340 e. The number of hydrogen-bond donors (Lipinski definition) is 1. The number of methoxy groups -OCH3 is 2. The number of anilines is 2. The van der Waals surface area contributed by atoms with Gasteiger partial charge in [0, 0.05) is 24.9 Å². The van der Waals surface area contributed by atoms with Crippen molar-refractivity contribution >= 4 is 40.5 Å². The summed E-state index contributed by atoms with van der Waals surface area (Å²) in [6.45, 7) is -0.475. The van der Waals surface area contributed by atoms with E-state index in [4.69, 9.17) is 14.2 Å². The molecule has 32 heavy (non-hydrogen) atoms. The number of esters is 1. The molecule has 166 valence electrons. The van der Waals surface area contributed by atoms with Crippen LogP contribution in [0.5, 0.6) is 11.5 Å². The third-order valence-electron chi connectivity index (χ3n) is 4.58. The molecule has 0 unspecified atom stereocenters. The first-order chi connectivity index (χ1) is 15.4. The van der Waals surface area contributed by atoms with Gasteiger partial charge in [-0.05, 0) is 23.6 Å². The minimum atomic E-state index is -0.790. The van der Waals surface area contributed by atoms with Crippen molar-refractivity contribution in [3.8, 4) is 11.5 Å². The Balaban J connectivity index is 1.80. The van der Waals surface area contributed by atoms with E-state index < -0.39 is 18.5 Å². The molecule has 0 aliphatic carbocycles. The molecule has 0 atom stereocenters. The first kappa shape index (κ1) is 22.8. The zero-order chi connectivity index (χ0) is 23.1. The molecule has 9 heteroatoms. The highest BCUT2D eigenvalue weighted by Crippen LogP contribution is 2.34. The van der Waals surface area contributed by atoms with Crippen LogP contribution >= 0.6 is 11.3 Å². The number of carbonyl (C=O) groups excluding carboxylic acids is 3. The average molecular weight is 455 g/mol. The quantitative estimate of drug-likeness (QED) is 0.520. The van der Waals surface area contributed by atoms with Crippen molar-refractivity contribution in [1.29, 1.82) is 0 Å². The lowest BCUT2D eigenvalue weighted by Crippen LogP contribution is -2.31. The van der Waals surface area contributed by atoms with Gasteiger partial charge in [-0.2, -0.15) is 0 Å². The number of benzene rings is 2. The van der Waals surface area contributed by atoms with Crippen LogP contribution in [0.15, 0.2) is 60.0 Å². The average Bonchev–Trinajstić information content (AvgIpc) is 3.37. The van der Waals surface area contributed by atoms with Gasteiger partial charge in [0.1, 0.15) is 0 Å². The highest BCUT2D eigenvalue weighted by atomic mass is 32.1. The maximum Gasteiger partial charge on any atom is 0.340 e. The second-order valence-corrected chi connectivity index (χ2v) is 7.50. The van der Waals surface area contributed by atoms with Crippen LogP contribution in [0.25, 0.3) is 0 Å². The van der Waals surface area contributed by atoms with E-state index in [1.165, 1.54) is 42.6 Å². The van der Waals surface area contributed by atoms with Crippen LogP contribution in [0.4, 0.5) is 11.4 Å². The molecule has 1 heterocycles. The number of nitrogens with one attached hydrogen (secondary N) is 1. The molecule has 0 spiro atoms. The van der Waals surface area contributed by atoms with Crippen LogP contribution in [0.2, 0.25) is 0 Å². The number of likely N-dealkylation sites (N-methyl/N-ethyl adjacent to an activating group) is 1. The Morgan fingerprint density at radius 2 is 1.66 bits per heavy atom. The van der Waals surface area contributed by atoms with Crippen molar-refractivity contribution in [3.05, 3.63) is 70.4 Å². The van der Waals surface area contributed by atoms with Crippen LogP contribution in [-0.2, 0) is 9.53 Å². The van der Waals surface area contributed by atoms with Gasteiger partial charge in [0.15, 0.2) is 18.1 Å². The number of thiophene rings is 1. The zero-order valence-corrected chi connectivity index (χ0v) is 18.6. The number of amides is 2. The van der Waals surface area contributed by atoms with E-state index in [0.29, 0.717) is 16.3 Å². The molecule has 1 aromatic heterocycles. The third-order valence-corrected chi connectivity index (χ3v) is 5.45. The zero-order valence-electron chi connectivity index (χ0n) is 17.8. The van der Waals surface area contributed by atoms with Crippen molar-refractivity contribution in [3.63, 3.8) is 0 Å². The Labute approximate surface area is 189 Å². The second-order valence-electron chi connectivity index (χ2n) is 6.55. The molecule has 3 rings (SSSR count). The Morgan fingerprint density at radius 3 is 2.28 bits per heavy atom. The van der Waals surface area contributed by atoms with Crippen LogP contribution in [0.1, 0.15) is 20.0 Å². The summed E-state index contributed by atoms with van der Waals surface area (Å²) in [6, 6.07) is 15.3. The summed E-state index contributed by atoms with van der Waals surface area (Å²) in [4.78, 5) is 39.7. The van der Waals surface area contributed by atoms with Gasteiger partial charge in [-0.3, -0.25) is 9.59 Å². The van der Waals surface area contributed by atoms with Crippen molar-refractivity contribution in [1.82, 2.24) is 0 Å². The minimum Gasteiger partial charge on any atom is -0.493 e. The Bertz CT molecular complexity index is 1100. The Morgan fingerprint density at radius 1 is 0.969 bits per heavy atom. The van der Waals surface area contributed by atoms with Gasteiger partial charge in [-0.15, -0.1) is 11.3 Å². The summed E-state index contributed by atoms with van der Waals surface area (Å²) in [7, 11) is 4.46. The van der Waals surface area contributed by atoms with Gasteiger partial charge in [0.2, 0.25) is 0 Å². The molecule has 0 fully saturated rings. The first-order valence-electron chi connectivity index (χ1n) is 9.54. The standard InChI is InChI=1S/C23H22N2O6S/c1-25(15-8-5-4-6-9-15)21(26)14-31-23(28)16-12-18(29-2)19(30-3)13-17(16)24-22(27)20-10-7-11-32-20/h4-13H,14H2,1-3H3,(H,24,27). The molecule has 0 aliphatic heterocycles. The monoisotopic (exact) mass is 454 g/mol. The lowest BCUT2D eigenvalue weighted by atomic mass is 10.1. The number of carbonyl (C=O) groups is 3. The summed E-state index contributed by atoms with van der Waals surface area (Å²) in [5.74, 6) is -0.982. The summed E-state index contributed by atoms with van der Waals surface area (Å²) >= 11 is 1.26. The molecule has 2 amide bonds. The third kappa shape index (κ3) is 5.25. The minimum absolute atomic E-state index is 0.0303. The maximum atomic E-state index is 12.8. The van der Waals surface area contributed by atoms with Gasteiger partial charge in [0.25, 0.3) is 11.8 Å². The summed E-state index contributed by atoms with van der Waals surface area (Å²) in [5.41, 5.74) is 0.876. The van der Waals surface area contributed by atoms with E-state index in [0.717, 1.165) is 0 Å². The fraction of sp³-hybridized carbons (Fsp3) is 0.174. The largest absolute Gasteiger partial charge is 0.493 e. The topological polar surface area (TPSA) is 94.2 Å². The summed E-state index contributed by atoms with van der Waals surface area (Å²) in [5, 5.41) is 4.47. The molecule has 0 aliphatic rings.